The number of amides is 1. The quantitative estimate of drug-likeness (QED) is 0.870. The Morgan fingerprint density at radius 3 is 2.79 bits per heavy atom. The van der Waals surface area contributed by atoms with Gasteiger partial charge in [0.2, 0.25) is 0 Å². The van der Waals surface area contributed by atoms with Crippen LogP contribution < -0.4 is 0 Å². The van der Waals surface area contributed by atoms with E-state index in [0.717, 1.165) is 12.8 Å². The Labute approximate surface area is 140 Å². The molecular formula is C15H19N5O3S. The molecule has 1 atom stereocenters. The zero-order chi connectivity index (χ0) is 17.2. The fraction of sp³-hybridized carbons (Fsp3) is 0.467. The van der Waals surface area contributed by atoms with Gasteiger partial charge in [-0.05, 0) is 25.2 Å². The van der Waals surface area contributed by atoms with Crippen LogP contribution in [-0.2, 0) is 16.3 Å². The normalized spacial score (nSPS) is 18.5. The van der Waals surface area contributed by atoms with E-state index in [-0.39, 0.29) is 16.7 Å². The summed E-state index contributed by atoms with van der Waals surface area (Å²) in [4.78, 5) is 22.3. The van der Waals surface area contributed by atoms with E-state index in [0.29, 0.717) is 30.8 Å². The molecule has 2 aromatic heterocycles. The van der Waals surface area contributed by atoms with E-state index in [9.17, 15) is 13.2 Å². The van der Waals surface area contributed by atoms with E-state index in [1.807, 2.05) is 0 Å². The first kappa shape index (κ1) is 16.6. The van der Waals surface area contributed by atoms with Gasteiger partial charge in [0.1, 0.15) is 11.2 Å². The predicted octanol–water partition coefficient (Wildman–Crippen LogP) is 0.698. The van der Waals surface area contributed by atoms with Crippen LogP contribution in [0.3, 0.4) is 0 Å². The summed E-state index contributed by atoms with van der Waals surface area (Å²) in [7, 11) is -3.30. The number of likely N-dealkylation sites (tertiary alicyclic amines) is 1. The molecule has 3 rings (SSSR count). The first-order valence-electron chi connectivity index (χ1n) is 7.71. The molecule has 0 aromatic carbocycles. The second kappa shape index (κ2) is 6.68. The molecule has 1 amide bonds. The molecule has 0 spiro atoms. The zero-order valence-corrected chi connectivity index (χ0v) is 14.2. The van der Waals surface area contributed by atoms with E-state index in [1.165, 1.54) is 31.2 Å². The second-order valence-corrected chi connectivity index (χ2v) is 8.06. The van der Waals surface area contributed by atoms with Gasteiger partial charge < -0.3 is 4.90 Å². The molecule has 2 aromatic rings. The molecule has 128 valence electrons. The number of piperidine rings is 1. The minimum absolute atomic E-state index is 0.0896. The van der Waals surface area contributed by atoms with Crippen LogP contribution in [0.25, 0.3) is 0 Å². The number of nitrogens with zero attached hydrogens (tertiary/aromatic N) is 4. The molecule has 1 unspecified atom stereocenters. The molecule has 0 radical (unpaired) electrons. The SMILES string of the molecule is CS(=O)(=O)c1cn[nH]c1CC1CCCN(C(=O)c2cncnc2)C1. The van der Waals surface area contributed by atoms with Crippen molar-refractivity contribution in [3.63, 3.8) is 0 Å². The van der Waals surface area contributed by atoms with Crippen molar-refractivity contribution in [2.24, 2.45) is 5.92 Å². The first-order chi connectivity index (χ1) is 11.4. The highest BCUT2D eigenvalue weighted by Gasteiger charge is 2.27. The Balaban J connectivity index is 1.71. The lowest BCUT2D eigenvalue weighted by Gasteiger charge is -2.32. The highest BCUT2D eigenvalue weighted by Crippen LogP contribution is 2.24. The number of H-pyrrole nitrogens is 1. The van der Waals surface area contributed by atoms with Gasteiger partial charge in [-0.25, -0.2) is 18.4 Å². The summed E-state index contributed by atoms with van der Waals surface area (Å²) < 4.78 is 23.6. The summed E-state index contributed by atoms with van der Waals surface area (Å²) in [6.07, 6.45) is 9.30. The number of aromatic nitrogens is 4. The van der Waals surface area contributed by atoms with Crippen LogP contribution in [0.15, 0.2) is 29.8 Å². The number of hydrogen-bond acceptors (Lipinski definition) is 6. The Hall–Kier alpha value is -2.29. The minimum atomic E-state index is -3.30. The summed E-state index contributed by atoms with van der Waals surface area (Å²) in [5, 5.41) is 6.64. The van der Waals surface area contributed by atoms with Crippen molar-refractivity contribution in [2.45, 2.75) is 24.2 Å². The monoisotopic (exact) mass is 349 g/mol. The van der Waals surface area contributed by atoms with E-state index in [1.54, 1.807) is 4.90 Å². The van der Waals surface area contributed by atoms with Gasteiger partial charge >= 0.3 is 0 Å². The average molecular weight is 349 g/mol. The molecule has 1 aliphatic heterocycles. The third kappa shape index (κ3) is 3.61. The molecule has 0 saturated carbocycles. The molecule has 0 aliphatic carbocycles. The summed E-state index contributed by atoms with van der Waals surface area (Å²) >= 11 is 0. The number of hydrogen-bond donors (Lipinski definition) is 1. The number of carbonyl (C=O) groups is 1. The largest absolute Gasteiger partial charge is 0.338 e. The van der Waals surface area contributed by atoms with Crippen molar-refractivity contribution < 1.29 is 13.2 Å². The van der Waals surface area contributed by atoms with Crippen LogP contribution in [0.1, 0.15) is 28.9 Å². The van der Waals surface area contributed by atoms with Crippen LogP contribution in [0.5, 0.6) is 0 Å². The molecule has 1 fully saturated rings. The van der Waals surface area contributed by atoms with E-state index in [4.69, 9.17) is 0 Å². The van der Waals surface area contributed by atoms with E-state index >= 15 is 0 Å². The first-order valence-corrected chi connectivity index (χ1v) is 9.61. The van der Waals surface area contributed by atoms with Gasteiger partial charge in [0.25, 0.3) is 5.91 Å². The van der Waals surface area contributed by atoms with Crippen LogP contribution in [0, 0.1) is 5.92 Å². The van der Waals surface area contributed by atoms with Crippen molar-refractivity contribution in [3.8, 4) is 0 Å². The Morgan fingerprint density at radius 2 is 2.08 bits per heavy atom. The van der Waals surface area contributed by atoms with Crippen molar-refractivity contribution in [3.05, 3.63) is 36.2 Å². The maximum absolute atomic E-state index is 12.5. The van der Waals surface area contributed by atoms with Crippen LogP contribution in [-0.4, -0.2) is 58.7 Å². The molecule has 9 heteroatoms. The van der Waals surface area contributed by atoms with E-state index in [2.05, 4.69) is 20.2 Å². The number of aromatic amines is 1. The summed E-state index contributed by atoms with van der Waals surface area (Å²) in [6, 6.07) is 0. The van der Waals surface area contributed by atoms with Crippen molar-refractivity contribution in [2.75, 3.05) is 19.3 Å². The summed E-state index contributed by atoms with van der Waals surface area (Å²) in [5.74, 6) is 0.0986. The average Bonchev–Trinajstić information content (AvgIpc) is 3.04. The van der Waals surface area contributed by atoms with Crippen LogP contribution in [0.2, 0.25) is 0 Å². The lowest BCUT2D eigenvalue weighted by atomic mass is 9.93. The lowest BCUT2D eigenvalue weighted by molar-refractivity contribution is 0.0671. The third-order valence-corrected chi connectivity index (χ3v) is 5.34. The number of rotatable bonds is 4. The van der Waals surface area contributed by atoms with Crippen molar-refractivity contribution in [1.29, 1.82) is 0 Å². The van der Waals surface area contributed by atoms with Crippen molar-refractivity contribution in [1.82, 2.24) is 25.1 Å². The summed E-state index contributed by atoms with van der Waals surface area (Å²) in [5.41, 5.74) is 1.08. The number of carbonyl (C=O) groups excluding carboxylic acids is 1. The Morgan fingerprint density at radius 1 is 1.33 bits per heavy atom. The fourth-order valence-corrected chi connectivity index (χ4v) is 3.89. The Bertz CT molecular complexity index is 819. The van der Waals surface area contributed by atoms with Gasteiger partial charge in [0.05, 0.1) is 17.5 Å². The lowest BCUT2D eigenvalue weighted by Crippen LogP contribution is -2.40. The standard InChI is InChI=1S/C15H19N5O3S/c1-24(22,23)14-8-18-19-13(14)5-11-3-2-4-20(9-11)15(21)12-6-16-10-17-7-12/h6-8,10-11H,2-5,9H2,1H3,(H,18,19). The molecule has 3 heterocycles. The summed E-state index contributed by atoms with van der Waals surface area (Å²) in [6.45, 7) is 1.27. The van der Waals surface area contributed by atoms with Gasteiger partial charge in [-0.2, -0.15) is 5.10 Å². The molecular weight excluding hydrogens is 330 g/mol. The third-order valence-electron chi connectivity index (χ3n) is 4.18. The number of sulfone groups is 1. The molecule has 24 heavy (non-hydrogen) atoms. The van der Waals surface area contributed by atoms with Crippen LogP contribution in [0.4, 0.5) is 0 Å². The molecule has 8 nitrogen and oxygen atoms in total. The van der Waals surface area contributed by atoms with Gasteiger partial charge in [-0.1, -0.05) is 0 Å². The molecule has 1 saturated heterocycles. The highest BCUT2D eigenvalue weighted by atomic mass is 32.2. The zero-order valence-electron chi connectivity index (χ0n) is 13.3. The smallest absolute Gasteiger partial charge is 0.256 e. The van der Waals surface area contributed by atoms with Gasteiger partial charge in [0.15, 0.2) is 9.84 Å². The predicted molar refractivity (Wildman–Crippen MR) is 86.1 cm³/mol. The van der Waals surface area contributed by atoms with Gasteiger partial charge in [-0.15, -0.1) is 0 Å². The topological polar surface area (TPSA) is 109 Å². The molecule has 1 N–H and O–H groups in total. The maximum Gasteiger partial charge on any atom is 0.256 e. The number of nitrogens with one attached hydrogen (secondary N) is 1. The maximum atomic E-state index is 12.5. The Kier molecular flexibility index (Phi) is 4.61. The minimum Gasteiger partial charge on any atom is -0.338 e. The molecule has 1 aliphatic rings. The van der Waals surface area contributed by atoms with Gasteiger partial charge in [0, 0.05) is 31.7 Å². The fourth-order valence-electron chi connectivity index (χ4n) is 3.06. The second-order valence-electron chi connectivity index (χ2n) is 6.08. The highest BCUT2D eigenvalue weighted by molar-refractivity contribution is 7.90. The van der Waals surface area contributed by atoms with E-state index < -0.39 is 9.84 Å². The molecule has 0 bridgehead atoms. The van der Waals surface area contributed by atoms with Crippen LogP contribution >= 0.6 is 0 Å². The van der Waals surface area contributed by atoms with Crippen molar-refractivity contribution >= 4 is 15.7 Å². The van der Waals surface area contributed by atoms with Gasteiger partial charge in [-0.3, -0.25) is 9.89 Å².